The molecule has 1 aliphatic heterocycles. The molecule has 3 heterocycles. The predicted molar refractivity (Wildman–Crippen MR) is 82.5 cm³/mol. The van der Waals surface area contributed by atoms with Crippen molar-refractivity contribution in [1.82, 2.24) is 20.2 Å². The largest absolute Gasteiger partial charge is 0.352 e. The standard InChI is InChI=1S/C15H14ClN5/c16-15-18-13-12(8-17-20-13)14(19-15)21-7-3-6-10-4-1-2-5-11(10)9-21/h1-2,4-5,8H,3,6-7,9H2,(H,17,18,19,20). The van der Waals surface area contributed by atoms with E-state index >= 15 is 0 Å². The maximum absolute atomic E-state index is 6.04. The number of halogens is 1. The van der Waals surface area contributed by atoms with Crippen molar-refractivity contribution >= 4 is 28.5 Å². The molecule has 1 N–H and O–H groups in total. The van der Waals surface area contributed by atoms with Crippen LogP contribution in [-0.4, -0.2) is 26.7 Å². The summed E-state index contributed by atoms with van der Waals surface area (Å²) in [6, 6.07) is 8.58. The summed E-state index contributed by atoms with van der Waals surface area (Å²) >= 11 is 6.04. The third kappa shape index (κ3) is 2.23. The van der Waals surface area contributed by atoms with Gasteiger partial charge in [0.2, 0.25) is 5.28 Å². The van der Waals surface area contributed by atoms with Gasteiger partial charge in [-0.1, -0.05) is 24.3 Å². The van der Waals surface area contributed by atoms with Crippen molar-refractivity contribution in [3.63, 3.8) is 0 Å². The lowest BCUT2D eigenvalue weighted by Gasteiger charge is -2.22. The van der Waals surface area contributed by atoms with E-state index in [0.29, 0.717) is 5.65 Å². The van der Waals surface area contributed by atoms with Crippen LogP contribution < -0.4 is 4.90 Å². The van der Waals surface area contributed by atoms with Crippen molar-refractivity contribution < 1.29 is 0 Å². The first-order chi connectivity index (χ1) is 10.3. The van der Waals surface area contributed by atoms with E-state index in [2.05, 4.69) is 49.3 Å². The lowest BCUT2D eigenvalue weighted by molar-refractivity contribution is 0.757. The van der Waals surface area contributed by atoms with Crippen LogP contribution >= 0.6 is 11.6 Å². The zero-order chi connectivity index (χ0) is 14.2. The second-order valence-corrected chi connectivity index (χ2v) is 5.58. The molecule has 0 unspecified atom stereocenters. The smallest absolute Gasteiger partial charge is 0.226 e. The summed E-state index contributed by atoms with van der Waals surface area (Å²) in [5.74, 6) is 0.857. The third-order valence-corrected chi connectivity index (χ3v) is 4.08. The fourth-order valence-corrected chi connectivity index (χ4v) is 3.08. The summed E-state index contributed by atoms with van der Waals surface area (Å²) in [7, 11) is 0. The number of H-pyrrole nitrogens is 1. The van der Waals surface area contributed by atoms with E-state index in [-0.39, 0.29) is 5.28 Å². The molecule has 21 heavy (non-hydrogen) atoms. The minimum Gasteiger partial charge on any atom is -0.352 e. The highest BCUT2D eigenvalue weighted by molar-refractivity contribution is 6.28. The van der Waals surface area contributed by atoms with Gasteiger partial charge in [0.25, 0.3) is 0 Å². The number of benzene rings is 1. The molecule has 2 aromatic heterocycles. The topological polar surface area (TPSA) is 57.7 Å². The van der Waals surface area contributed by atoms with Crippen LogP contribution in [0.1, 0.15) is 17.5 Å². The van der Waals surface area contributed by atoms with Gasteiger partial charge in [-0.15, -0.1) is 0 Å². The predicted octanol–water partition coefficient (Wildman–Crippen LogP) is 2.96. The number of rotatable bonds is 1. The molecule has 0 atom stereocenters. The van der Waals surface area contributed by atoms with Crippen LogP contribution in [0.4, 0.5) is 5.82 Å². The van der Waals surface area contributed by atoms with Crippen molar-refractivity contribution in [3.8, 4) is 0 Å². The molecule has 0 bridgehead atoms. The van der Waals surface area contributed by atoms with E-state index < -0.39 is 0 Å². The fraction of sp³-hybridized carbons (Fsp3) is 0.267. The van der Waals surface area contributed by atoms with E-state index in [1.54, 1.807) is 6.20 Å². The second-order valence-electron chi connectivity index (χ2n) is 5.24. The van der Waals surface area contributed by atoms with E-state index in [1.165, 1.54) is 11.1 Å². The van der Waals surface area contributed by atoms with Gasteiger partial charge in [-0.2, -0.15) is 15.1 Å². The van der Waals surface area contributed by atoms with Crippen molar-refractivity contribution in [3.05, 3.63) is 46.9 Å². The summed E-state index contributed by atoms with van der Waals surface area (Å²) in [5, 5.41) is 8.08. The van der Waals surface area contributed by atoms with Gasteiger partial charge >= 0.3 is 0 Å². The maximum atomic E-state index is 6.04. The minimum absolute atomic E-state index is 0.249. The fourth-order valence-electron chi connectivity index (χ4n) is 2.92. The Labute approximate surface area is 127 Å². The lowest BCUT2D eigenvalue weighted by atomic mass is 10.0. The van der Waals surface area contributed by atoms with Crippen molar-refractivity contribution in [2.45, 2.75) is 19.4 Å². The van der Waals surface area contributed by atoms with Gasteiger partial charge < -0.3 is 4.90 Å². The third-order valence-electron chi connectivity index (χ3n) is 3.92. The molecular formula is C15H14ClN5. The van der Waals surface area contributed by atoms with E-state index in [1.807, 2.05) is 0 Å². The molecule has 5 nitrogen and oxygen atoms in total. The monoisotopic (exact) mass is 299 g/mol. The van der Waals surface area contributed by atoms with Crippen LogP contribution in [0.5, 0.6) is 0 Å². The highest BCUT2D eigenvalue weighted by Crippen LogP contribution is 2.28. The number of anilines is 1. The summed E-state index contributed by atoms with van der Waals surface area (Å²) in [4.78, 5) is 10.9. The Hall–Kier alpha value is -2.14. The number of fused-ring (bicyclic) bond motifs is 2. The van der Waals surface area contributed by atoms with Crippen LogP contribution in [0.15, 0.2) is 30.5 Å². The van der Waals surface area contributed by atoms with Crippen LogP contribution in [0.2, 0.25) is 5.28 Å². The molecule has 0 amide bonds. The van der Waals surface area contributed by atoms with Crippen LogP contribution in [-0.2, 0) is 13.0 Å². The molecular weight excluding hydrogens is 286 g/mol. The molecule has 0 saturated heterocycles. The number of aromatic nitrogens is 4. The number of nitrogens with zero attached hydrogens (tertiary/aromatic N) is 4. The second kappa shape index (κ2) is 5.00. The maximum Gasteiger partial charge on any atom is 0.226 e. The van der Waals surface area contributed by atoms with Crippen LogP contribution in [0.3, 0.4) is 0 Å². The number of hydrogen-bond donors (Lipinski definition) is 1. The summed E-state index contributed by atoms with van der Waals surface area (Å²) in [6.45, 7) is 1.78. The van der Waals surface area contributed by atoms with Crippen LogP contribution in [0.25, 0.3) is 11.0 Å². The molecule has 0 aliphatic carbocycles. The van der Waals surface area contributed by atoms with E-state index in [4.69, 9.17) is 11.6 Å². The van der Waals surface area contributed by atoms with E-state index in [0.717, 1.165) is 37.1 Å². The van der Waals surface area contributed by atoms with Crippen molar-refractivity contribution in [1.29, 1.82) is 0 Å². The Balaban J connectivity index is 1.80. The minimum atomic E-state index is 0.249. The first-order valence-corrected chi connectivity index (χ1v) is 7.37. The number of aryl methyl sites for hydroxylation is 1. The van der Waals surface area contributed by atoms with Gasteiger partial charge in [0.1, 0.15) is 5.82 Å². The van der Waals surface area contributed by atoms with Crippen molar-refractivity contribution in [2.24, 2.45) is 0 Å². The molecule has 6 heteroatoms. The molecule has 4 rings (SSSR count). The molecule has 0 spiro atoms. The zero-order valence-electron chi connectivity index (χ0n) is 11.4. The highest BCUT2D eigenvalue weighted by atomic mass is 35.5. The molecule has 3 aromatic rings. The van der Waals surface area contributed by atoms with Gasteiger partial charge in [0.15, 0.2) is 5.65 Å². The lowest BCUT2D eigenvalue weighted by Crippen LogP contribution is -2.24. The normalized spacial score (nSPS) is 15.0. The molecule has 0 radical (unpaired) electrons. The summed E-state index contributed by atoms with van der Waals surface area (Å²) in [5.41, 5.74) is 3.45. The Bertz CT molecular complexity index is 798. The molecule has 1 aliphatic rings. The highest BCUT2D eigenvalue weighted by Gasteiger charge is 2.19. The molecule has 106 valence electrons. The Kier molecular flexibility index (Phi) is 3.00. The van der Waals surface area contributed by atoms with Gasteiger partial charge in [-0.25, -0.2) is 0 Å². The number of nitrogens with one attached hydrogen (secondary N) is 1. The average molecular weight is 300 g/mol. The number of aromatic amines is 1. The Morgan fingerprint density at radius 2 is 2.00 bits per heavy atom. The SMILES string of the molecule is Clc1nc(N2CCCc3ccccc3C2)c2cn[nH]c2n1. The van der Waals surface area contributed by atoms with Crippen LogP contribution in [0, 0.1) is 0 Å². The van der Waals surface area contributed by atoms with E-state index in [9.17, 15) is 0 Å². The molecule has 0 fully saturated rings. The molecule has 1 aromatic carbocycles. The summed E-state index contributed by atoms with van der Waals surface area (Å²) in [6.07, 6.45) is 3.95. The van der Waals surface area contributed by atoms with Gasteiger partial charge in [-0.05, 0) is 35.6 Å². The average Bonchev–Trinajstić information content (AvgIpc) is 2.84. The van der Waals surface area contributed by atoms with Gasteiger partial charge in [0, 0.05) is 13.1 Å². The first kappa shape index (κ1) is 12.6. The Morgan fingerprint density at radius 1 is 1.14 bits per heavy atom. The molecule has 0 saturated carbocycles. The zero-order valence-corrected chi connectivity index (χ0v) is 12.1. The van der Waals surface area contributed by atoms with Gasteiger partial charge in [0.05, 0.1) is 11.6 Å². The number of hydrogen-bond acceptors (Lipinski definition) is 4. The van der Waals surface area contributed by atoms with Crippen molar-refractivity contribution in [2.75, 3.05) is 11.4 Å². The quantitative estimate of drug-likeness (QED) is 0.702. The first-order valence-electron chi connectivity index (χ1n) is 6.99. The summed E-state index contributed by atoms with van der Waals surface area (Å²) < 4.78 is 0. The Morgan fingerprint density at radius 3 is 2.90 bits per heavy atom. The van der Waals surface area contributed by atoms with Gasteiger partial charge in [-0.3, -0.25) is 5.10 Å².